The van der Waals surface area contributed by atoms with E-state index < -0.39 is 0 Å². The molecule has 0 aromatic carbocycles. The van der Waals surface area contributed by atoms with E-state index in [0.29, 0.717) is 0 Å². The van der Waals surface area contributed by atoms with Gasteiger partial charge in [0.15, 0.2) is 0 Å². The molecule has 14 heavy (non-hydrogen) atoms. The van der Waals surface area contributed by atoms with Crippen molar-refractivity contribution in [3.05, 3.63) is 11.1 Å². The van der Waals surface area contributed by atoms with Crippen LogP contribution in [0.3, 0.4) is 0 Å². The predicted octanol–water partition coefficient (Wildman–Crippen LogP) is 1.64. The number of nitrogens with zero attached hydrogens (tertiary/aromatic N) is 1. The van der Waals surface area contributed by atoms with Gasteiger partial charge in [-0.3, -0.25) is 4.90 Å². The minimum Gasteiger partial charge on any atom is -0.309 e. The number of hydrogen-bond donors (Lipinski definition) is 1. The molecular weight excluding hydrogens is 172 g/mol. The van der Waals surface area contributed by atoms with Gasteiger partial charge in [-0.1, -0.05) is 12.5 Å². The Morgan fingerprint density at radius 2 is 2.14 bits per heavy atom. The van der Waals surface area contributed by atoms with Crippen molar-refractivity contribution in [2.75, 3.05) is 26.2 Å². The molecule has 2 unspecified atom stereocenters. The lowest BCUT2D eigenvalue weighted by molar-refractivity contribution is 0.286. The number of hydrogen-bond acceptors (Lipinski definition) is 2. The average Bonchev–Trinajstić information content (AvgIpc) is 2.26. The van der Waals surface area contributed by atoms with Gasteiger partial charge in [-0.25, -0.2) is 0 Å². The molecule has 2 nitrogen and oxygen atoms in total. The Morgan fingerprint density at radius 1 is 1.43 bits per heavy atom. The number of nitrogens with one attached hydrogen (secondary N) is 1. The number of likely N-dealkylation sites (tertiary alicyclic amines) is 1. The molecule has 0 radical (unpaired) electrons. The highest BCUT2D eigenvalue weighted by Gasteiger charge is 2.26. The summed E-state index contributed by atoms with van der Waals surface area (Å²) in [5, 5.41) is 3.31. The Hall–Kier alpha value is -0.340. The first-order chi connectivity index (χ1) is 6.66. The summed E-state index contributed by atoms with van der Waals surface area (Å²) in [6.45, 7) is 11.8. The van der Waals surface area contributed by atoms with E-state index in [-0.39, 0.29) is 0 Å². The molecule has 0 aromatic rings. The summed E-state index contributed by atoms with van der Waals surface area (Å²) >= 11 is 0. The summed E-state index contributed by atoms with van der Waals surface area (Å²) in [4.78, 5) is 2.63. The standard InChI is InChI=1S/C12H22N2/c1-9-4-11(3)14(7-9)8-10(2)12-5-13-6-12/h9,11,13H,4-8H2,1-3H3. The highest BCUT2D eigenvalue weighted by Crippen LogP contribution is 2.23. The molecular formula is C12H22N2. The SMILES string of the molecule is CC(CN1CC(C)CC1C)=C1CNC1. The van der Waals surface area contributed by atoms with E-state index in [9.17, 15) is 0 Å². The van der Waals surface area contributed by atoms with E-state index in [1.807, 2.05) is 0 Å². The first-order valence-corrected chi connectivity index (χ1v) is 5.79. The van der Waals surface area contributed by atoms with Crippen LogP contribution in [0.25, 0.3) is 0 Å². The van der Waals surface area contributed by atoms with Crippen molar-refractivity contribution >= 4 is 0 Å². The molecule has 2 aliphatic heterocycles. The molecule has 1 N–H and O–H groups in total. The molecule has 2 heterocycles. The van der Waals surface area contributed by atoms with Crippen LogP contribution >= 0.6 is 0 Å². The molecule has 0 aromatic heterocycles. The van der Waals surface area contributed by atoms with Gasteiger partial charge in [0.25, 0.3) is 0 Å². The first-order valence-electron chi connectivity index (χ1n) is 5.79. The zero-order chi connectivity index (χ0) is 10.1. The third-order valence-corrected chi connectivity index (χ3v) is 3.63. The second-order valence-corrected chi connectivity index (χ2v) is 5.11. The maximum atomic E-state index is 3.31. The van der Waals surface area contributed by atoms with E-state index in [0.717, 1.165) is 25.0 Å². The normalized spacial score (nSPS) is 33.2. The molecule has 0 aliphatic carbocycles. The zero-order valence-corrected chi connectivity index (χ0v) is 9.64. The van der Waals surface area contributed by atoms with Gasteiger partial charge in [0.1, 0.15) is 0 Å². The Labute approximate surface area is 87.4 Å². The molecule has 0 spiro atoms. The van der Waals surface area contributed by atoms with Crippen LogP contribution in [-0.4, -0.2) is 37.1 Å². The summed E-state index contributed by atoms with van der Waals surface area (Å²) in [6, 6.07) is 0.786. The topological polar surface area (TPSA) is 15.3 Å². The Kier molecular flexibility index (Phi) is 2.93. The Morgan fingerprint density at radius 3 is 2.57 bits per heavy atom. The fraction of sp³-hybridized carbons (Fsp3) is 0.833. The lowest BCUT2D eigenvalue weighted by atomic mass is 10.0. The third kappa shape index (κ3) is 2.01. The molecule has 0 amide bonds. The van der Waals surface area contributed by atoms with Crippen molar-refractivity contribution in [3.8, 4) is 0 Å². The van der Waals surface area contributed by atoms with Crippen LogP contribution in [0.1, 0.15) is 27.2 Å². The predicted molar refractivity (Wildman–Crippen MR) is 60.4 cm³/mol. The van der Waals surface area contributed by atoms with Crippen molar-refractivity contribution in [2.24, 2.45) is 5.92 Å². The quantitative estimate of drug-likeness (QED) is 0.672. The van der Waals surface area contributed by atoms with Crippen LogP contribution in [-0.2, 0) is 0 Å². The second kappa shape index (κ2) is 4.03. The van der Waals surface area contributed by atoms with E-state index >= 15 is 0 Å². The van der Waals surface area contributed by atoms with Gasteiger partial charge in [0.2, 0.25) is 0 Å². The van der Waals surface area contributed by atoms with Crippen molar-refractivity contribution < 1.29 is 0 Å². The minimum absolute atomic E-state index is 0.786. The lowest BCUT2D eigenvalue weighted by Crippen LogP contribution is -2.37. The molecule has 2 atom stereocenters. The third-order valence-electron chi connectivity index (χ3n) is 3.63. The summed E-state index contributed by atoms with van der Waals surface area (Å²) in [7, 11) is 0. The lowest BCUT2D eigenvalue weighted by Gasteiger charge is -2.27. The van der Waals surface area contributed by atoms with Crippen LogP contribution in [0, 0.1) is 5.92 Å². The molecule has 2 rings (SSSR count). The maximum absolute atomic E-state index is 3.31. The summed E-state index contributed by atoms with van der Waals surface area (Å²) in [5.74, 6) is 0.891. The molecule has 0 bridgehead atoms. The molecule has 2 heteroatoms. The van der Waals surface area contributed by atoms with Crippen molar-refractivity contribution in [1.82, 2.24) is 10.2 Å². The van der Waals surface area contributed by atoms with Gasteiger partial charge in [-0.2, -0.15) is 0 Å². The van der Waals surface area contributed by atoms with Gasteiger partial charge in [-0.15, -0.1) is 0 Å². The van der Waals surface area contributed by atoms with Crippen molar-refractivity contribution in [1.29, 1.82) is 0 Å². The Balaban J connectivity index is 1.91. The zero-order valence-electron chi connectivity index (χ0n) is 9.64. The minimum atomic E-state index is 0.786. The van der Waals surface area contributed by atoms with Gasteiger partial charge in [0, 0.05) is 32.2 Å². The fourth-order valence-electron chi connectivity index (χ4n) is 2.57. The highest BCUT2D eigenvalue weighted by molar-refractivity contribution is 5.22. The van der Waals surface area contributed by atoms with Crippen LogP contribution in [0.4, 0.5) is 0 Å². The Bertz CT molecular complexity index is 239. The van der Waals surface area contributed by atoms with Gasteiger partial charge in [-0.05, 0) is 31.8 Å². The van der Waals surface area contributed by atoms with Crippen molar-refractivity contribution in [2.45, 2.75) is 33.2 Å². The van der Waals surface area contributed by atoms with Crippen LogP contribution < -0.4 is 5.32 Å². The molecule has 2 aliphatic rings. The molecule has 2 saturated heterocycles. The summed E-state index contributed by atoms with van der Waals surface area (Å²) in [5.41, 5.74) is 3.24. The van der Waals surface area contributed by atoms with Crippen LogP contribution in [0.15, 0.2) is 11.1 Å². The van der Waals surface area contributed by atoms with Gasteiger partial charge < -0.3 is 5.32 Å². The van der Waals surface area contributed by atoms with E-state index in [4.69, 9.17) is 0 Å². The summed E-state index contributed by atoms with van der Waals surface area (Å²) < 4.78 is 0. The molecule has 0 saturated carbocycles. The first kappa shape index (κ1) is 10.2. The van der Waals surface area contributed by atoms with E-state index in [2.05, 4.69) is 31.0 Å². The van der Waals surface area contributed by atoms with E-state index in [1.54, 1.807) is 11.1 Å². The summed E-state index contributed by atoms with van der Waals surface area (Å²) in [6.07, 6.45) is 1.38. The van der Waals surface area contributed by atoms with Crippen molar-refractivity contribution in [3.63, 3.8) is 0 Å². The smallest absolute Gasteiger partial charge is 0.0196 e. The number of rotatable bonds is 2. The fourth-order valence-corrected chi connectivity index (χ4v) is 2.57. The van der Waals surface area contributed by atoms with E-state index in [1.165, 1.54) is 19.5 Å². The monoisotopic (exact) mass is 194 g/mol. The van der Waals surface area contributed by atoms with Gasteiger partial charge >= 0.3 is 0 Å². The van der Waals surface area contributed by atoms with Gasteiger partial charge in [0.05, 0.1) is 0 Å². The largest absolute Gasteiger partial charge is 0.309 e. The van der Waals surface area contributed by atoms with Crippen LogP contribution in [0.2, 0.25) is 0 Å². The molecule has 2 fully saturated rings. The maximum Gasteiger partial charge on any atom is 0.0196 e. The molecule has 80 valence electrons. The second-order valence-electron chi connectivity index (χ2n) is 5.11. The average molecular weight is 194 g/mol. The highest BCUT2D eigenvalue weighted by atomic mass is 15.2. The van der Waals surface area contributed by atoms with Crippen LogP contribution in [0.5, 0.6) is 0 Å².